The van der Waals surface area contributed by atoms with Crippen molar-refractivity contribution in [2.45, 2.75) is 26.2 Å². The van der Waals surface area contributed by atoms with E-state index in [0.717, 1.165) is 36.1 Å². The van der Waals surface area contributed by atoms with E-state index in [0.29, 0.717) is 11.4 Å². The molecule has 1 fully saturated rings. The molecule has 120 valence electrons. The highest BCUT2D eigenvalue weighted by Gasteiger charge is 2.18. The number of amides is 1. The second-order valence-electron chi connectivity index (χ2n) is 5.87. The molecule has 0 bridgehead atoms. The number of likely N-dealkylation sites (tertiary alicyclic amines) is 1. The summed E-state index contributed by atoms with van der Waals surface area (Å²) in [7, 11) is 0. The number of benzene rings is 1. The normalized spacial score (nSPS) is 14.6. The third kappa shape index (κ3) is 3.91. The lowest BCUT2D eigenvalue weighted by atomic mass is 10.1. The van der Waals surface area contributed by atoms with Gasteiger partial charge in [0.25, 0.3) is 5.91 Å². The molecule has 0 spiro atoms. The molecule has 23 heavy (non-hydrogen) atoms. The second kappa shape index (κ2) is 7.13. The Kier molecular flexibility index (Phi) is 4.96. The van der Waals surface area contributed by atoms with Gasteiger partial charge in [-0.2, -0.15) is 0 Å². The Labute approximate surface area is 145 Å². The van der Waals surface area contributed by atoms with Gasteiger partial charge in [-0.25, -0.2) is 4.98 Å². The molecule has 0 aliphatic carbocycles. The molecule has 2 heterocycles. The van der Waals surface area contributed by atoms with Crippen LogP contribution in [0.4, 0.5) is 11.5 Å². The molecule has 1 aliphatic rings. The van der Waals surface area contributed by atoms with Crippen LogP contribution in [0.1, 0.15) is 35.2 Å². The number of nitrogens with one attached hydrogen (secondary N) is 1. The fourth-order valence-electron chi connectivity index (χ4n) is 2.73. The average molecular weight is 374 g/mol. The van der Waals surface area contributed by atoms with E-state index in [-0.39, 0.29) is 5.91 Å². The Bertz CT molecular complexity index is 711. The highest BCUT2D eigenvalue weighted by Crippen LogP contribution is 2.23. The molecule has 0 unspecified atom stereocenters. The highest BCUT2D eigenvalue weighted by molar-refractivity contribution is 9.10. The Morgan fingerprint density at radius 2 is 1.96 bits per heavy atom. The molecule has 2 aromatic rings. The highest BCUT2D eigenvalue weighted by atomic mass is 79.9. The monoisotopic (exact) mass is 373 g/mol. The summed E-state index contributed by atoms with van der Waals surface area (Å²) < 4.78 is 1.04. The van der Waals surface area contributed by atoms with Crippen molar-refractivity contribution in [2.24, 2.45) is 0 Å². The zero-order valence-corrected chi connectivity index (χ0v) is 14.8. The maximum Gasteiger partial charge on any atom is 0.254 e. The van der Waals surface area contributed by atoms with Crippen molar-refractivity contribution in [3.05, 3.63) is 52.1 Å². The first kappa shape index (κ1) is 16.0. The lowest BCUT2D eigenvalue weighted by Gasteiger charge is -2.26. The van der Waals surface area contributed by atoms with Gasteiger partial charge in [0.15, 0.2) is 0 Å². The molecular formula is C18H20BrN3O. The van der Waals surface area contributed by atoms with E-state index in [1.54, 1.807) is 12.3 Å². The maximum absolute atomic E-state index is 12.6. The average Bonchev–Trinajstić information content (AvgIpc) is 2.58. The third-order valence-electron chi connectivity index (χ3n) is 4.09. The smallest absolute Gasteiger partial charge is 0.254 e. The van der Waals surface area contributed by atoms with Crippen molar-refractivity contribution in [2.75, 3.05) is 18.4 Å². The van der Waals surface area contributed by atoms with Gasteiger partial charge in [0, 0.05) is 35.0 Å². The van der Waals surface area contributed by atoms with E-state index in [2.05, 4.69) is 26.2 Å². The van der Waals surface area contributed by atoms with Gasteiger partial charge < -0.3 is 10.2 Å². The van der Waals surface area contributed by atoms with Gasteiger partial charge in [-0.05, 0) is 56.0 Å². The minimum absolute atomic E-state index is 0.0974. The topological polar surface area (TPSA) is 45.2 Å². The first-order valence-corrected chi connectivity index (χ1v) is 8.71. The molecule has 0 saturated carbocycles. The molecule has 3 rings (SSSR count). The number of pyridine rings is 1. The van der Waals surface area contributed by atoms with Crippen LogP contribution in [0.15, 0.2) is 41.0 Å². The van der Waals surface area contributed by atoms with Gasteiger partial charge in [-0.3, -0.25) is 4.79 Å². The summed E-state index contributed by atoms with van der Waals surface area (Å²) >= 11 is 3.53. The van der Waals surface area contributed by atoms with Crippen LogP contribution in [-0.4, -0.2) is 28.9 Å². The Morgan fingerprint density at radius 3 is 2.70 bits per heavy atom. The van der Waals surface area contributed by atoms with Crippen LogP contribution >= 0.6 is 15.9 Å². The number of rotatable bonds is 3. The van der Waals surface area contributed by atoms with Crippen LogP contribution in [-0.2, 0) is 0 Å². The van der Waals surface area contributed by atoms with Crippen molar-refractivity contribution in [1.29, 1.82) is 0 Å². The SMILES string of the molecule is Cc1ccc(Nc2cc(C(=O)N3CCCCC3)ccn2)cc1Br. The number of hydrogen-bond donors (Lipinski definition) is 1. The first-order valence-electron chi connectivity index (χ1n) is 7.92. The fourth-order valence-corrected chi connectivity index (χ4v) is 3.11. The van der Waals surface area contributed by atoms with E-state index >= 15 is 0 Å². The van der Waals surface area contributed by atoms with Crippen molar-refractivity contribution < 1.29 is 4.79 Å². The number of aryl methyl sites for hydroxylation is 1. The minimum atomic E-state index is 0.0974. The van der Waals surface area contributed by atoms with Crippen LogP contribution in [0.25, 0.3) is 0 Å². The van der Waals surface area contributed by atoms with Crippen molar-refractivity contribution in [1.82, 2.24) is 9.88 Å². The Balaban J connectivity index is 1.76. The summed E-state index contributed by atoms with van der Waals surface area (Å²) in [4.78, 5) is 18.8. The summed E-state index contributed by atoms with van der Waals surface area (Å²) in [6.07, 6.45) is 5.09. The molecule has 1 aromatic carbocycles. The molecule has 0 radical (unpaired) electrons. The lowest BCUT2D eigenvalue weighted by molar-refractivity contribution is 0.0724. The zero-order valence-electron chi connectivity index (χ0n) is 13.2. The molecule has 0 atom stereocenters. The summed E-state index contributed by atoms with van der Waals surface area (Å²) in [5, 5.41) is 3.26. The number of aromatic nitrogens is 1. The van der Waals surface area contributed by atoms with E-state index in [4.69, 9.17) is 0 Å². The number of halogens is 1. The van der Waals surface area contributed by atoms with Gasteiger partial charge in [-0.1, -0.05) is 22.0 Å². The molecule has 1 N–H and O–H groups in total. The van der Waals surface area contributed by atoms with Crippen molar-refractivity contribution in [3.63, 3.8) is 0 Å². The fraction of sp³-hybridized carbons (Fsp3) is 0.333. The predicted octanol–water partition coefficient (Wildman–Crippen LogP) is 4.52. The molecule has 1 saturated heterocycles. The van der Waals surface area contributed by atoms with E-state index in [1.807, 2.05) is 36.1 Å². The molecule has 1 aromatic heterocycles. The zero-order chi connectivity index (χ0) is 16.2. The van der Waals surface area contributed by atoms with Crippen LogP contribution < -0.4 is 5.32 Å². The first-order chi connectivity index (χ1) is 11.1. The van der Waals surface area contributed by atoms with E-state index in [1.165, 1.54) is 12.0 Å². The Hall–Kier alpha value is -1.88. The number of piperidine rings is 1. The summed E-state index contributed by atoms with van der Waals surface area (Å²) in [5.41, 5.74) is 2.81. The number of hydrogen-bond acceptors (Lipinski definition) is 3. The Morgan fingerprint density at radius 1 is 1.17 bits per heavy atom. The summed E-state index contributed by atoms with van der Waals surface area (Å²) in [6, 6.07) is 9.66. The third-order valence-corrected chi connectivity index (χ3v) is 4.95. The molecule has 5 heteroatoms. The van der Waals surface area contributed by atoms with Crippen LogP contribution in [0, 0.1) is 6.92 Å². The number of carbonyl (C=O) groups is 1. The number of nitrogens with zero attached hydrogens (tertiary/aromatic N) is 2. The lowest BCUT2D eigenvalue weighted by Crippen LogP contribution is -2.35. The summed E-state index contributed by atoms with van der Waals surface area (Å²) in [5.74, 6) is 0.781. The molecule has 1 aliphatic heterocycles. The quantitative estimate of drug-likeness (QED) is 0.859. The van der Waals surface area contributed by atoms with Gasteiger partial charge >= 0.3 is 0 Å². The molecular weight excluding hydrogens is 354 g/mol. The van der Waals surface area contributed by atoms with Crippen molar-refractivity contribution >= 4 is 33.3 Å². The van der Waals surface area contributed by atoms with Gasteiger partial charge in [0.1, 0.15) is 5.82 Å². The van der Waals surface area contributed by atoms with Crippen LogP contribution in [0.5, 0.6) is 0 Å². The van der Waals surface area contributed by atoms with Gasteiger partial charge in [0.05, 0.1) is 0 Å². The maximum atomic E-state index is 12.6. The van der Waals surface area contributed by atoms with Crippen LogP contribution in [0.2, 0.25) is 0 Å². The summed E-state index contributed by atoms with van der Waals surface area (Å²) in [6.45, 7) is 3.76. The van der Waals surface area contributed by atoms with E-state index in [9.17, 15) is 4.79 Å². The van der Waals surface area contributed by atoms with E-state index < -0.39 is 0 Å². The minimum Gasteiger partial charge on any atom is -0.340 e. The number of anilines is 2. The second-order valence-corrected chi connectivity index (χ2v) is 6.73. The van der Waals surface area contributed by atoms with Gasteiger partial charge in [0.2, 0.25) is 0 Å². The standard InChI is InChI=1S/C18H20BrN3O/c1-13-5-6-15(12-16(13)19)21-17-11-14(7-8-20-17)18(23)22-9-3-2-4-10-22/h5-8,11-12H,2-4,9-10H2,1H3,(H,20,21). The van der Waals surface area contributed by atoms with Gasteiger partial charge in [-0.15, -0.1) is 0 Å². The number of carbonyl (C=O) groups excluding carboxylic acids is 1. The molecule has 4 nitrogen and oxygen atoms in total. The largest absolute Gasteiger partial charge is 0.340 e. The predicted molar refractivity (Wildman–Crippen MR) is 96.2 cm³/mol. The van der Waals surface area contributed by atoms with Crippen LogP contribution in [0.3, 0.4) is 0 Å². The molecule has 1 amide bonds. The van der Waals surface area contributed by atoms with Crippen molar-refractivity contribution in [3.8, 4) is 0 Å².